The third-order valence-corrected chi connectivity index (χ3v) is 3.99. The number of aliphatic imine (C=N–C) groups is 1. The van der Waals surface area contributed by atoms with Gasteiger partial charge in [0, 0.05) is 24.4 Å². The Bertz CT molecular complexity index is 608. The Morgan fingerprint density at radius 2 is 2.00 bits per heavy atom. The molecule has 23 heavy (non-hydrogen) atoms. The van der Waals surface area contributed by atoms with Gasteiger partial charge in [-0.1, -0.05) is 18.2 Å². The lowest BCUT2D eigenvalue weighted by Crippen LogP contribution is -2.42. The van der Waals surface area contributed by atoms with Crippen molar-refractivity contribution in [2.45, 2.75) is 32.9 Å². The third kappa shape index (κ3) is 9.75. The van der Waals surface area contributed by atoms with E-state index in [-0.39, 0.29) is 48.1 Å². The lowest BCUT2D eigenvalue weighted by atomic mass is 10.2. The van der Waals surface area contributed by atoms with Crippen LogP contribution in [0.5, 0.6) is 0 Å². The number of sulfone groups is 1. The standard InChI is InChI=1S/C15H24FN3O2S.HI/c1-4-17-15(19-12(2)9-10-22(3,20)21)18-11-13-7-5-6-8-14(13)16;/h5-8,12H,4,9-11H2,1-3H3,(H2,17,18,19);1H. The van der Waals surface area contributed by atoms with Crippen LogP contribution in [0.1, 0.15) is 25.8 Å². The van der Waals surface area contributed by atoms with Crippen molar-refractivity contribution in [1.29, 1.82) is 0 Å². The van der Waals surface area contributed by atoms with Gasteiger partial charge in [-0.25, -0.2) is 17.8 Å². The van der Waals surface area contributed by atoms with Crippen molar-refractivity contribution < 1.29 is 12.8 Å². The molecule has 0 heterocycles. The summed E-state index contributed by atoms with van der Waals surface area (Å²) in [6.07, 6.45) is 1.71. The molecule has 1 atom stereocenters. The number of hydrogen-bond acceptors (Lipinski definition) is 3. The van der Waals surface area contributed by atoms with Crippen LogP contribution in [0.3, 0.4) is 0 Å². The van der Waals surface area contributed by atoms with Gasteiger partial charge in [0.1, 0.15) is 15.7 Å². The van der Waals surface area contributed by atoms with E-state index in [1.165, 1.54) is 12.3 Å². The van der Waals surface area contributed by atoms with Crippen molar-refractivity contribution in [3.8, 4) is 0 Å². The summed E-state index contributed by atoms with van der Waals surface area (Å²) in [5, 5.41) is 6.20. The number of halogens is 2. The molecule has 1 aromatic carbocycles. The number of hydrogen-bond donors (Lipinski definition) is 2. The Morgan fingerprint density at radius 3 is 2.57 bits per heavy atom. The molecule has 0 saturated heterocycles. The maximum Gasteiger partial charge on any atom is 0.191 e. The van der Waals surface area contributed by atoms with Crippen LogP contribution >= 0.6 is 24.0 Å². The van der Waals surface area contributed by atoms with Gasteiger partial charge in [-0.15, -0.1) is 24.0 Å². The Labute approximate surface area is 155 Å². The molecule has 5 nitrogen and oxygen atoms in total. The molecule has 1 rings (SSSR count). The van der Waals surface area contributed by atoms with Gasteiger partial charge >= 0.3 is 0 Å². The van der Waals surface area contributed by atoms with Crippen LogP contribution in [-0.2, 0) is 16.4 Å². The predicted octanol–water partition coefficient (Wildman–Crippen LogP) is 2.32. The summed E-state index contributed by atoms with van der Waals surface area (Å²) >= 11 is 0. The van der Waals surface area contributed by atoms with Crippen molar-refractivity contribution in [2.75, 3.05) is 18.6 Å². The van der Waals surface area contributed by atoms with E-state index < -0.39 is 9.84 Å². The topological polar surface area (TPSA) is 70.6 Å². The first-order chi connectivity index (χ1) is 10.3. The molecule has 0 aromatic heterocycles. The first-order valence-corrected chi connectivity index (χ1v) is 9.34. The van der Waals surface area contributed by atoms with E-state index in [9.17, 15) is 12.8 Å². The van der Waals surface area contributed by atoms with E-state index in [4.69, 9.17) is 0 Å². The largest absolute Gasteiger partial charge is 0.357 e. The van der Waals surface area contributed by atoms with Gasteiger partial charge in [-0.2, -0.15) is 0 Å². The highest BCUT2D eigenvalue weighted by Crippen LogP contribution is 2.07. The van der Waals surface area contributed by atoms with E-state index in [0.29, 0.717) is 24.5 Å². The number of nitrogens with one attached hydrogen (secondary N) is 2. The Morgan fingerprint density at radius 1 is 1.35 bits per heavy atom. The lowest BCUT2D eigenvalue weighted by molar-refractivity contribution is 0.580. The number of guanidine groups is 1. The third-order valence-electron chi connectivity index (χ3n) is 3.01. The second-order valence-corrected chi connectivity index (χ2v) is 7.51. The molecule has 0 aliphatic heterocycles. The summed E-state index contributed by atoms with van der Waals surface area (Å²) in [7, 11) is -2.98. The van der Waals surface area contributed by atoms with Crippen LogP contribution in [0.25, 0.3) is 0 Å². The van der Waals surface area contributed by atoms with E-state index in [0.717, 1.165) is 0 Å². The summed E-state index contributed by atoms with van der Waals surface area (Å²) in [5.74, 6) is 0.382. The van der Waals surface area contributed by atoms with E-state index in [2.05, 4.69) is 15.6 Å². The van der Waals surface area contributed by atoms with Crippen LogP contribution in [0, 0.1) is 5.82 Å². The van der Waals surface area contributed by atoms with Crippen LogP contribution in [-0.4, -0.2) is 39.0 Å². The Balaban J connectivity index is 0.00000484. The Kier molecular flexibility index (Phi) is 10.4. The highest BCUT2D eigenvalue weighted by Gasteiger charge is 2.09. The van der Waals surface area contributed by atoms with Crippen LogP contribution in [0.4, 0.5) is 4.39 Å². The number of rotatable bonds is 7. The average Bonchev–Trinajstić information content (AvgIpc) is 2.43. The van der Waals surface area contributed by atoms with Gasteiger partial charge in [-0.05, 0) is 26.3 Å². The van der Waals surface area contributed by atoms with Crippen molar-refractivity contribution in [3.05, 3.63) is 35.6 Å². The molecule has 0 radical (unpaired) electrons. The normalized spacial score (nSPS) is 13.1. The van der Waals surface area contributed by atoms with Crippen molar-refractivity contribution in [2.24, 2.45) is 4.99 Å². The Hall–Kier alpha value is -0.900. The zero-order valence-electron chi connectivity index (χ0n) is 13.7. The first kappa shape index (κ1) is 22.1. The van der Waals surface area contributed by atoms with Crippen LogP contribution < -0.4 is 10.6 Å². The zero-order valence-corrected chi connectivity index (χ0v) is 16.8. The van der Waals surface area contributed by atoms with Gasteiger partial charge in [0.15, 0.2) is 5.96 Å². The maximum atomic E-state index is 13.6. The summed E-state index contributed by atoms with van der Waals surface area (Å²) in [5.41, 5.74) is 0.517. The first-order valence-electron chi connectivity index (χ1n) is 7.27. The molecule has 0 amide bonds. The van der Waals surface area contributed by atoms with E-state index in [1.54, 1.807) is 18.2 Å². The molecule has 0 saturated carbocycles. The minimum atomic E-state index is -2.98. The zero-order chi connectivity index (χ0) is 16.6. The quantitative estimate of drug-likeness (QED) is 0.375. The minimum absolute atomic E-state index is 0. The predicted molar refractivity (Wildman–Crippen MR) is 104 cm³/mol. The summed E-state index contributed by atoms with van der Waals surface area (Å²) in [6, 6.07) is 6.45. The molecule has 2 N–H and O–H groups in total. The van der Waals surface area contributed by atoms with E-state index in [1.807, 2.05) is 13.8 Å². The highest BCUT2D eigenvalue weighted by molar-refractivity contribution is 14.0. The number of nitrogens with zero attached hydrogens (tertiary/aromatic N) is 1. The molecule has 132 valence electrons. The fourth-order valence-corrected chi connectivity index (χ4v) is 2.59. The molecule has 0 fully saturated rings. The fourth-order valence-electron chi connectivity index (χ4n) is 1.81. The van der Waals surface area contributed by atoms with Gasteiger partial charge in [0.05, 0.1) is 12.3 Å². The van der Waals surface area contributed by atoms with Gasteiger partial charge in [0.25, 0.3) is 0 Å². The van der Waals surface area contributed by atoms with Gasteiger partial charge < -0.3 is 10.6 Å². The molecule has 0 aliphatic carbocycles. The minimum Gasteiger partial charge on any atom is -0.357 e. The molecule has 0 bridgehead atoms. The molecule has 1 unspecified atom stereocenters. The molecule has 0 aliphatic rings. The van der Waals surface area contributed by atoms with Crippen molar-refractivity contribution in [1.82, 2.24) is 10.6 Å². The second kappa shape index (κ2) is 10.8. The lowest BCUT2D eigenvalue weighted by Gasteiger charge is -2.17. The molecular weight excluding hydrogens is 432 g/mol. The van der Waals surface area contributed by atoms with Crippen LogP contribution in [0.15, 0.2) is 29.3 Å². The maximum absolute atomic E-state index is 13.6. The monoisotopic (exact) mass is 457 g/mol. The van der Waals surface area contributed by atoms with Crippen LogP contribution in [0.2, 0.25) is 0 Å². The molecule has 0 spiro atoms. The summed E-state index contributed by atoms with van der Waals surface area (Å²) in [4.78, 5) is 4.33. The smallest absolute Gasteiger partial charge is 0.191 e. The highest BCUT2D eigenvalue weighted by atomic mass is 127. The van der Waals surface area contributed by atoms with Crippen molar-refractivity contribution >= 4 is 39.8 Å². The van der Waals surface area contributed by atoms with Gasteiger partial charge in [-0.3, -0.25) is 0 Å². The fraction of sp³-hybridized carbons (Fsp3) is 0.533. The summed E-state index contributed by atoms with van der Waals surface area (Å²) in [6.45, 7) is 4.71. The second-order valence-electron chi connectivity index (χ2n) is 5.25. The molecule has 8 heteroatoms. The van der Waals surface area contributed by atoms with Gasteiger partial charge in [0.2, 0.25) is 0 Å². The van der Waals surface area contributed by atoms with Crippen molar-refractivity contribution in [3.63, 3.8) is 0 Å². The van der Waals surface area contributed by atoms with E-state index >= 15 is 0 Å². The average molecular weight is 457 g/mol. The summed E-state index contributed by atoms with van der Waals surface area (Å²) < 4.78 is 35.9. The number of benzene rings is 1. The molecular formula is C15H25FIN3O2S. The SMILES string of the molecule is CCNC(=NCc1ccccc1F)NC(C)CCS(C)(=O)=O.I. The molecule has 1 aromatic rings.